The highest BCUT2D eigenvalue weighted by molar-refractivity contribution is 5.17. The van der Waals surface area contributed by atoms with Gasteiger partial charge < -0.3 is 10.6 Å². The predicted molar refractivity (Wildman–Crippen MR) is 81.8 cm³/mol. The molecule has 2 atom stereocenters. The SMILES string of the molecule is CN(Cc1ccccc1F)CC1CCCC(C)(C)C1N. The molecule has 1 aliphatic carbocycles. The van der Waals surface area contributed by atoms with Crippen LogP contribution < -0.4 is 5.73 Å². The summed E-state index contributed by atoms with van der Waals surface area (Å²) >= 11 is 0. The Morgan fingerprint density at radius 1 is 1.35 bits per heavy atom. The molecule has 112 valence electrons. The Kier molecular flexibility index (Phi) is 4.82. The van der Waals surface area contributed by atoms with Crippen LogP contribution >= 0.6 is 0 Å². The third kappa shape index (κ3) is 3.58. The second-order valence-corrected chi connectivity index (χ2v) is 6.95. The lowest BCUT2D eigenvalue weighted by Gasteiger charge is -2.43. The van der Waals surface area contributed by atoms with E-state index in [0.717, 1.165) is 12.1 Å². The number of nitrogens with zero attached hydrogens (tertiary/aromatic N) is 1. The third-order valence-corrected chi connectivity index (χ3v) is 4.75. The molecule has 1 fully saturated rings. The Morgan fingerprint density at radius 3 is 2.75 bits per heavy atom. The van der Waals surface area contributed by atoms with E-state index in [2.05, 4.69) is 25.8 Å². The molecule has 0 aromatic heterocycles. The second-order valence-electron chi connectivity index (χ2n) is 6.95. The molecule has 1 aromatic rings. The lowest BCUT2D eigenvalue weighted by atomic mass is 9.68. The molecule has 3 heteroatoms. The first-order chi connectivity index (χ1) is 9.40. The van der Waals surface area contributed by atoms with Crippen LogP contribution in [0.25, 0.3) is 0 Å². The highest BCUT2D eigenvalue weighted by Crippen LogP contribution is 2.38. The van der Waals surface area contributed by atoms with Crippen molar-refractivity contribution in [2.75, 3.05) is 13.6 Å². The standard InChI is InChI=1S/C17H27FN2/c1-17(2)10-6-8-14(16(17)19)12-20(3)11-13-7-4-5-9-15(13)18/h4-5,7,9,14,16H,6,8,10-12,19H2,1-3H3. The topological polar surface area (TPSA) is 29.3 Å². The van der Waals surface area contributed by atoms with Crippen molar-refractivity contribution in [3.63, 3.8) is 0 Å². The fourth-order valence-corrected chi connectivity index (χ4v) is 3.39. The molecule has 0 heterocycles. The van der Waals surface area contributed by atoms with Gasteiger partial charge in [0.05, 0.1) is 0 Å². The molecular weight excluding hydrogens is 251 g/mol. The third-order valence-electron chi connectivity index (χ3n) is 4.75. The summed E-state index contributed by atoms with van der Waals surface area (Å²) < 4.78 is 13.7. The smallest absolute Gasteiger partial charge is 0.127 e. The van der Waals surface area contributed by atoms with Crippen molar-refractivity contribution in [2.45, 2.75) is 45.7 Å². The molecule has 1 aromatic carbocycles. The molecule has 1 saturated carbocycles. The molecule has 2 nitrogen and oxygen atoms in total. The molecule has 2 N–H and O–H groups in total. The van der Waals surface area contributed by atoms with Crippen LogP contribution in [0.15, 0.2) is 24.3 Å². The van der Waals surface area contributed by atoms with Gasteiger partial charge in [-0.1, -0.05) is 38.5 Å². The van der Waals surface area contributed by atoms with Crippen LogP contribution in [0.2, 0.25) is 0 Å². The lowest BCUT2D eigenvalue weighted by Crippen LogP contribution is -2.49. The highest BCUT2D eigenvalue weighted by Gasteiger charge is 2.36. The quantitative estimate of drug-likeness (QED) is 0.914. The van der Waals surface area contributed by atoms with Crippen LogP contribution in [-0.2, 0) is 6.54 Å². The maximum Gasteiger partial charge on any atom is 0.127 e. The molecule has 2 rings (SSSR count). The van der Waals surface area contributed by atoms with E-state index in [1.54, 1.807) is 6.07 Å². The van der Waals surface area contributed by atoms with Crippen LogP contribution in [0, 0.1) is 17.2 Å². The summed E-state index contributed by atoms with van der Waals surface area (Å²) in [6.45, 7) is 6.12. The number of hydrogen-bond donors (Lipinski definition) is 1. The van der Waals surface area contributed by atoms with Crippen molar-refractivity contribution < 1.29 is 4.39 Å². The Labute approximate surface area is 122 Å². The van der Waals surface area contributed by atoms with Crippen molar-refractivity contribution in [2.24, 2.45) is 17.1 Å². The van der Waals surface area contributed by atoms with E-state index in [9.17, 15) is 4.39 Å². The van der Waals surface area contributed by atoms with Crippen molar-refractivity contribution in [1.29, 1.82) is 0 Å². The van der Waals surface area contributed by atoms with E-state index >= 15 is 0 Å². The first-order valence-electron chi connectivity index (χ1n) is 7.57. The maximum atomic E-state index is 13.7. The van der Waals surface area contributed by atoms with E-state index in [1.807, 2.05) is 12.1 Å². The molecule has 0 radical (unpaired) electrons. The summed E-state index contributed by atoms with van der Waals surface area (Å²) in [7, 11) is 2.06. The highest BCUT2D eigenvalue weighted by atomic mass is 19.1. The van der Waals surface area contributed by atoms with E-state index in [1.165, 1.54) is 25.3 Å². The van der Waals surface area contributed by atoms with Gasteiger partial charge in [-0.05, 0) is 37.3 Å². The van der Waals surface area contributed by atoms with Gasteiger partial charge in [-0.25, -0.2) is 4.39 Å². The van der Waals surface area contributed by atoms with Crippen LogP contribution in [0.3, 0.4) is 0 Å². The minimum absolute atomic E-state index is 0.118. The molecule has 0 saturated heterocycles. The Morgan fingerprint density at radius 2 is 2.05 bits per heavy atom. The van der Waals surface area contributed by atoms with Crippen LogP contribution in [0.5, 0.6) is 0 Å². The van der Waals surface area contributed by atoms with E-state index in [0.29, 0.717) is 12.5 Å². The van der Waals surface area contributed by atoms with Crippen molar-refractivity contribution >= 4 is 0 Å². The Bertz CT molecular complexity index is 444. The summed E-state index contributed by atoms with van der Waals surface area (Å²) in [6.07, 6.45) is 3.65. The first-order valence-corrected chi connectivity index (χ1v) is 7.57. The fraction of sp³-hybridized carbons (Fsp3) is 0.647. The minimum atomic E-state index is -0.118. The van der Waals surface area contributed by atoms with Gasteiger partial charge in [0, 0.05) is 24.7 Å². The molecule has 1 aliphatic rings. The number of hydrogen-bond acceptors (Lipinski definition) is 2. The monoisotopic (exact) mass is 278 g/mol. The maximum absolute atomic E-state index is 13.7. The molecular formula is C17H27FN2. The first kappa shape index (κ1) is 15.5. The summed E-state index contributed by atoms with van der Waals surface area (Å²) in [4.78, 5) is 2.20. The molecule has 2 unspecified atom stereocenters. The normalized spacial score (nSPS) is 25.9. The van der Waals surface area contributed by atoms with Gasteiger partial charge in [0.1, 0.15) is 5.82 Å². The van der Waals surface area contributed by atoms with E-state index in [4.69, 9.17) is 5.73 Å². The number of benzene rings is 1. The molecule has 0 spiro atoms. The van der Waals surface area contributed by atoms with Gasteiger partial charge >= 0.3 is 0 Å². The van der Waals surface area contributed by atoms with Gasteiger partial charge in [0.15, 0.2) is 0 Å². The largest absolute Gasteiger partial charge is 0.327 e. The van der Waals surface area contributed by atoms with E-state index < -0.39 is 0 Å². The summed E-state index contributed by atoms with van der Waals surface area (Å²) in [6, 6.07) is 7.24. The van der Waals surface area contributed by atoms with Crippen LogP contribution in [0.1, 0.15) is 38.7 Å². The van der Waals surface area contributed by atoms with Gasteiger partial charge in [-0.15, -0.1) is 0 Å². The van der Waals surface area contributed by atoms with Crippen molar-refractivity contribution in [3.05, 3.63) is 35.6 Å². The number of rotatable bonds is 4. The zero-order valence-corrected chi connectivity index (χ0v) is 12.9. The van der Waals surface area contributed by atoms with Gasteiger partial charge in [0.25, 0.3) is 0 Å². The second kappa shape index (κ2) is 6.23. The van der Waals surface area contributed by atoms with Crippen LogP contribution in [-0.4, -0.2) is 24.5 Å². The fourth-order valence-electron chi connectivity index (χ4n) is 3.39. The van der Waals surface area contributed by atoms with Crippen LogP contribution in [0.4, 0.5) is 4.39 Å². The van der Waals surface area contributed by atoms with Gasteiger partial charge in [0.2, 0.25) is 0 Å². The molecule has 20 heavy (non-hydrogen) atoms. The zero-order chi connectivity index (χ0) is 14.8. The number of nitrogens with two attached hydrogens (primary N) is 1. The van der Waals surface area contributed by atoms with Gasteiger partial charge in [-0.2, -0.15) is 0 Å². The minimum Gasteiger partial charge on any atom is -0.327 e. The Balaban J connectivity index is 1.94. The Hall–Kier alpha value is -0.930. The average molecular weight is 278 g/mol. The molecule has 0 bridgehead atoms. The zero-order valence-electron chi connectivity index (χ0n) is 12.9. The predicted octanol–water partition coefficient (Wildman–Crippen LogP) is 3.41. The molecule has 0 amide bonds. The van der Waals surface area contributed by atoms with Gasteiger partial charge in [-0.3, -0.25) is 0 Å². The molecule has 0 aliphatic heterocycles. The van der Waals surface area contributed by atoms with Crippen molar-refractivity contribution in [1.82, 2.24) is 4.90 Å². The summed E-state index contributed by atoms with van der Waals surface area (Å²) in [5.74, 6) is 0.392. The van der Waals surface area contributed by atoms with E-state index in [-0.39, 0.29) is 17.3 Å². The lowest BCUT2D eigenvalue weighted by molar-refractivity contribution is 0.108. The summed E-state index contributed by atoms with van der Waals surface area (Å²) in [5, 5.41) is 0. The number of halogens is 1. The summed E-state index contributed by atoms with van der Waals surface area (Å²) in [5.41, 5.74) is 7.41. The van der Waals surface area contributed by atoms with Crippen molar-refractivity contribution in [3.8, 4) is 0 Å². The average Bonchev–Trinajstić information content (AvgIpc) is 2.38.